The van der Waals surface area contributed by atoms with Gasteiger partial charge in [0.15, 0.2) is 0 Å². The molecule has 0 unspecified atom stereocenters. The minimum atomic E-state index is 0.295. The molecule has 0 saturated heterocycles. The molecule has 0 aliphatic heterocycles. The lowest BCUT2D eigenvalue weighted by atomic mass is 10.0. The summed E-state index contributed by atoms with van der Waals surface area (Å²) in [6, 6.07) is 17.1. The van der Waals surface area contributed by atoms with Gasteiger partial charge in [-0.15, -0.1) is 5.10 Å². The first-order valence-electron chi connectivity index (χ1n) is 8.18. The maximum Gasteiger partial charge on any atom is 0.320 e. The van der Waals surface area contributed by atoms with E-state index in [0.29, 0.717) is 16.9 Å². The minimum Gasteiger partial charge on any atom is -0.497 e. The van der Waals surface area contributed by atoms with E-state index in [1.165, 1.54) is 0 Å². The Morgan fingerprint density at radius 1 is 0.926 bits per heavy atom. The van der Waals surface area contributed by atoms with Crippen LogP contribution >= 0.6 is 11.6 Å². The number of hydrogen-bond donors (Lipinski definition) is 1. The molecule has 1 N–H and O–H groups in total. The zero-order chi connectivity index (χ0) is 18.6. The lowest BCUT2D eigenvalue weighted by molar-refractivity contribution is 0.415. The highest BCUT2D eigenvalue weighted by Gasteiger charge is 2.15. The highest BCUT2D eigenvalue weighted by molar-refractivity contribution is 6.30. The predicted molar refractivity (Wildman–Crippen MR) is 104 cm³/mol. The number of ether oxygens (including phenoxy) is 1. The van der Waals surface area contributed by atoms with E-state index in [4.69, 9.17) is 20.8 Å². The Hall–Kier alpha value is -3.38. The highest BCUT2D eigenvalue weighted by atomic mass is 35.5. The topological polar surface area (TPSA) is 73.1 Å². The molecule has 2 aromatic heterocycles. The zero-order valence-corrected chi connectivity index (χ0v) is 15.1. The Kier molecular flexibility index (Phi) is 4.72. The van der Waals surface area contributed by atoms with Crippen LogP contribution in [0.25, 0.3) is 22.6 Å². The number of anilines is 2. The smallest absolute Gasteiger partial charge is 0.320 e. The molecule has 0 atom stereocenters. The Morgan fingerprint density at radius 3 is 2.44 bits per heavy atom. The fraction of sp³-hybridized carbons (Fsp3) is 0.0500. The molecule has 0 amide bonds. The van der Waals surface area contributed by atoms with Crippen molar-refractivity contribution in [3.8, 4) is 28.3 Å². The average molecular weight is 379 g/mol. The van der Waals surface area contributed by atoms with Gasteiger partial charge in [0, 0.05) is 28.7 Å². The van der Waals surface area contributed by atoms with Crippen LogP contribution in [-0.4, -0.2) is 22.3 Å². The van der Waals surface area contributed by atoms with Crippen molar-refractivity contribution >= 4 is 23.3 Å². The van der Waals surface area contributed by atoms with Crippen LogP contribution in [0.1, 0.15) is 0 Å². The van der Waals surface area contributed by atoms with Crippen LogP contribution in [0.5, 0.6) is 5.75 Å². The Bertz CT molecular complexity index is 1050. The molecule has 0 fully saturated rings. The number of nitrogens with zero attached hydrogens (tertiary/aromatic N) is 3. The van der Waals surface area contributed by atoms with Gasteiger partial charge in [-0.2, -0.15) is 0 Å². The molecule has 4 aromatic rings. The largest absolute Gasteiger partial charge is 0.497 e. The van der Waals surface area contributed by atoms with Crippen LogP contribution < -0.4 is 10.1 Å². The number of rotatable bonds is 5. The van der Waals surface area contributed by atoms with Gasteiger partial charge in [-0.1, -0.05) is 16.7 Å². The number of benzene rings is 2. The first-order chi connectivity index (χ1) is 13.2. The summed E-state index contributed by atoms with van der Waals surface area (Å²) in [7, 11) is 1.63. The Balaban J connectivity index is 1.69. The second-order valence-electron chi connectivity index (χ2n) is 5.69. The monoisotopic (exact) mass is 378 g/mol. The summed E-state index contributed by atoms with van der Waals surface area (Å²) in [6.45, 7) is 0. The van der Waals surface area contributed by atoms with E-state index < -0.39 is 0 Å². The molecule has 0 aliphatic carbocycles. The van der Waals surface area contributed by atoms with E-state index >= 15 is 0 Å². The molecule has 0 radical (unpaired) electrons. The number of aromatic nitrogens is 3. The lowest BCUT2D eigenvalue weighted by Crippen LogP contribution is -1.89. The van der Waals surface area contributed by atoms with Gasteiger partial charge in [0.05, 0.1) is 7.11 Å². The second-order valence-corrected chi connectivity index (χ2v) is 6.13. The van der Waals surface area contributed by atoms with E-state index in [1.54, 1.807) is 31.6 Å². The van der Waals surface area contributed by atoms with Gasteiger partial charge in [-0.05, 0) is 65.7 Å². The fourth-order valence-electron chi connectivity index (χ4n) is 2.65. The van der Waals surface area contributed by atoms with Crippen molar-refractivity contribution in [2.24, 2.45) is 0 Å². The molecule has 4 rings (SSSR count). The number of hydrogen-bond acceptors (Lipinski definition) is 6. The lowest BCUT2D eigenvalue weighted by Gasteiger charge is -2.09. The van der Waals surface area contributed by atoms with Gasteiger partial charge in [0.2, 0.25) is 5.89 Å². The molecule has 0 bridgehead atoms. The summed E-state index contributed by atoms with van der Waals surface area (Å²) in [5.74, 6) is 1.14. The molecule has 27 heavy (non-hydrogen) atoms. The summed E-state index contributed by atoms with van der Waals surface area (Å²) < 4.78 is 11.2. The molecule has 0 aliphatic rings. The van der Waals surface area contributed by atoms with Crippen molar-refractivity contribution in [2.45, 2.75) is 0 Å². The van der Waals surface area contributed by atoms with Crippen molar-refractivity contribution < 1.29 is 9.15 Å². The first kappa shape index (κ1) is 17.1. The van der Waals surface area contributed by atoms with Gasteiger partial charge in [0.25, 0.3) is 0 Å². The SMILES string of the molecule is COc1ccc(-c2nnc(Nc3ccc(Cl)cc3)o2)c(-c2ccncc2)c1. The van der Waals surface area contributed by atoms with Crippen LogP contribution in [0.3, 0.4) is 0 Å². The number of nitrogens with one attached hydrogen (secondary N) is 1. The quantitative estimate of drug-likeness (QED) is 0.514. The molecular weight excluding hydrogens is 364 g/mol. The van der Waals surface area contributed by atoms with Crippen molar-refractivity contribution in [2.75, 3.05) is 12.4 Å². The summed E-state index contributed by atoms with van der Waals surface area (Å²) in [5, 5.41) is 12.0. The molecular formula is C20H15ClN4O2. The Morgan fingerprint density at radius 2 is 1.70 bits per heavy atom. The van der Waals surface area contributed by atoms with Crippen molar-refractivity contribution in [3.05, 3.63) is 72.0 Å². The molecule has 0 spiro atoms. The van der Waals surface area contributed by atoms with Crippen LogP contribution in [-0.2, 0) is 0 Å². The minimum absolute atomic E-state index is 0.295. The maximum absolute atomic E-state index is 5.91. The number of pyridine rings is 1. The summed E-state index contributed by atoms with van der Waals surface area (Å²) in [5.41, 5.74) is 3.50. The van der Waals surface area contributed by atoms with Gasteiger partial charge >= 0.3 is 6.01 Å². The van der Waals surface area contributed by atoms with E-state index in [2.05, 4.69) is 20.5 Å². The van der Waals surface area contributed by atoms with Crippen molar-refractivity contribution in [1.29, 1.82) is 0 Å². The van der Waals surface area contributed by atoms with E-state index in [9.17, 15) is 0 Å². The molecule has 134 valence electrons. The van der Waals surface area contributed by atoms with Crippen LogP contribution in [0.2, 0.25) is 5.02 Å². The third-order valence-electron chi connectivity index (χ3n) is 3.97. The zero-order valence-electron chi connectivity index (χ0n) is 14.4. The van der Waals surface area contributed by atoms with E-state index in [1.807, 2.05) is 42.5 Å². The fourth-order valence-corrected chi connectivity index (χ4v) is 2.77. The van der Waals surface area contributed by atoms with Crippen molar-refractivity contribution in [1.82, 2.24) is 15.2 Å². The number of methoxy groups -OCH3 is 1. The van der Waals surface area contributed by atoms with Gasteiger partial charge in [-0.25, -0.2) is 0 Å². The summed E-state index contributed by atoms with van der Waals surface area (Å²) >= 11 is 5.91. The summed E-state index contributed by atoms with van der Waals surface area (Å²) in [4.78, 5) is 4.07. The van der Waals surface area contributed by atoms with Gasteiger partial charge in [0.1, 0.15) is 5.75 Å². The maximum atomic E-state index is 5.91. The molecule has 2 heterocycles. The third-order valence-corrected chi connectivity index (χ3v) is 4.22. The normalized spacial score (nSPS) is 10.6. The van der Waals surface area contributed by atoms with Gasteiger partial charge < -0.3 is 14.5 Å². The van der Waals surface area contributed by atoms with E-state index in [-0.39, 0.29) is 0 Å². The molecule has 2 aromatic carbocycles. The summed E-state index contributed by atoms with van der Waals surface area (Å²) in [6.07, 6.45) is 3.47. The predicted octanol–water partition coefficient (Wildman–Crippen LogP) is 5.20. The van der Waals surface area contributed by atoms with Crippen LogP contribution in [0.4, 0.5) is 11.7 Å². The third kappa shape index (κ3) is 3.75. The standard InChI is InChI=1S/C20H15ClN4O2/c1-26-16-6-7-17(18(12-16)13-8-10-22-11-9-13)19-24-25-20(27-19)23-15-4-2-14(21)3-5-15/h2-12H,1H3,(H,23,25). The number of halogens is 1. The van der Waals surface area contributed by atoms with Gasteiger partial charge in [-0.3, -0.25) is 4.98 Å². The highest BCUT2D eigenvalue weighted by Crippen LogP contribution is 2.35. The van der Waals surface area contributed by atoms with Crippen molar-refractivity contribution in [3.63, 3.8) is 0 Å². The van der Waals surface area contributed by atoms with Crippen LogP contribution in [0, 0.1) is 0 Å². The Labute approximate surface area is 160 Å². The first-order valence-corrected chi connectivity index (χ1v) is 8.55. The molecule has 7 heteroatoms. The average Bonchev–Trinajstić information content (AvgIpc) is 3.18. The molecule has 6 nitrogen and oxygen atoms in total. The molecule has 0 saturated carbocycles. The van der Waals surface area contributed by atoms with E-state index in [0.717, 1.165) is 28.1 Å². The van der Waals surface area contributed by atoms with Crippen LogP contribution in [0.15, 0.2) is 71.4 Å². The second kappa shape index (κ2) is 7.47.